The Morgan fingerprint density at radius 3 is 2.80 bits per heavy atom. The summed E-state index contributed by atoms with van der Waals surface area (Å²) in [6, 6.07) is 9.43. The first kappa shape index (κ1) is 20.7. The van der Waals surface area contributed by atoms with Crippen LogP contribution in [-0.4, -0.2) is 24.5 Å². The van der Waals surface area contributed by atoms with Gasteiger partial charge in [0.1, 0.15) is 6.04 Å². The van der Waals surface area contributed by atoms with Gasteiger partial charge in [-0.2, -0.15) is 0 Å². The second-order valence-corrected chi connectivity index (χ2v) is 6.58. The van der Waals surface area contributed by atoms with Crippen LogP contribution in [0.5, 0.6) is 0 Å². The highest BCUT2D eigenvalue weighted by Gasteiger charge is 2.21. The third kappa shape index (κ3) is 5.76. The number of carbonyl (C=O) groups excluding carboxylic acids is 2. The van der Waals surface area contributed by atoms with Crippen LogP contribution in [0.15, 0.2) is 90.0 Å². The van der Waals surface area contributed by atoms with Gasteiger partial charge in [0.05, 0.1) is 11.4 Å². The lowest BCUT2D eigenvalue weighted by atomic mass is 10.2. The Kier molecular flexibility index (Phi) is 7.28. The molecular weight excluding hydrogens is 376 g/mol. The third-order valence-corrected chi connectivity index (χ3v) is 4.36. The van der Waals surface area contributed by atoms with E-state index in [1.165, 1.54) is 0 Å². The van der Waals surface area contributed by atoms with Crippen LogP contribution in [0.4, 0.5) is 0 Å². The zero-order valence-electron chi connectivity index (χ0n) is 16.7. The fraction of sp³-hybridized carbons (Fsp3) is 0.167. The van der Waals surface area contributed by atoms with Crippen molar-refractivity contribution in [2.75, 3.05) is 0 Å². The summed E-state index contributed by atoms with van der Waals surface area (Å²) in [5, 5.41) is 12.1. The van der Waals surface area contributed by atoms with Crippen LogP contribution >= 0.6 is 0 Å². The van der Waals surface area contributed by atoms with Crippen molar-refractivity contribution in [2.45, 2.75) is 25.7 Å². The largest absolute Gasteiger partial charge is 0.364 e. The Labute approximate surface area is 176 Å². The molecule has 0 saturated heterocycles. The molecule has 0 aromatic heterocycles. The molecule has 0 spiro atoms. The Bertz CT molecular complexity index is 991. The monoisotopic (exact) mass is 400 g/mol. The number of allylic oxidation sites excluding steroid dienone is 6. The first-order valence-corrected chi connectivity index (χ1v) is 9.71. The molecule has 1 aromatic rings. The molecular formula is C24H24N4O2. The van der Waals surface area contributed by atoms with Gasteiger partial charge in [-0.05, 0) is 31.6 Å². The Morgan fingerprint density at radius 2 is 2.03 bits per heavy atom. The van der Waals surface area contributed by atoms with Gasteiger partial charge in [0.25, 0.3) is 5.91 Å². The molecule has 2 heterocycles. The van der Waals surface area contributed by atoms with Gasteiger partial charge in [0.15, 0.2) is 12.6 Å². The van der Waals surface area contributed by atoms with Crippen LogP contribution in [0.2, 0.25) is 0 Å². The molecule has 6 nitrogen and oxygen atoms in total. The van der Waals surface area contributed by atoms with E-state index in [4.69, 9.17) is 0 Å². The molecule has 152 valence electrons. The summed E-state index contributed by atoms with van der Waals surface area (Å²) >= 11 is 0. The maximum Gasteiger partial charge on any atom is 0.270 e. The van der Waals surface area contributed by atoms with Crippen LogP contribution in [-0.2, 0) is 9.59 Å². The van der Waals surface area contributed by atoms with Gasteiger partial charge in [-0.15, -0.1) is 0 Å². The van der Waals surface area contributed by atoms with Crippen molar-refractivity contribution in [3.05, 3.63) is 95.5 Å². The molecule has 2 unspecified atom stereocenters. The van der Waals surface area contributed by atoms with Crippen molar-refractivity contribution in [3.63, 3.8) is 0 Å². The van der Waals surface area contributed by atoms with E-state index < -0.39 is 6.29 Å². The standard InChI is InChI=1S/C24H24N4O2/c1-2-3-11-19(17-29)22-16-25-24(27-22)28-23(30)21-13-8-7-12-20(26-21)15-14-18-9-5-4-6-10-18/h2-7,9-13,16-17,20,24-27H,8H2,1H3,(H,28,30)/b3-2-,19-11-. The van der Waals surface area contributed by atoms with Gasteiger partial charge in [-0.3, -0.25) is 9.59 Å². The van der Waals surface area contributed by atoms with E-state index >= 15 is 0 Å². The molecule has 2 aliphatic rings. The van der Waals surface area contributed by atoms with Crippen molar-refractivity contribution >= 4 is 12.2 Å². The van der Waals surface area contributed by atoms with Crippen molar-refractivity contribution in [3.8, 4) is 11.8 Å². The van der Waals surface area contributed by atoms with Crippen LogP contribution in [0, 0.1) is 11.8 Å². The van der Waals surface area contributed by atoms with E-state index in [-0.39, 0.29) is 11.9 Å². The second-order valence-electron chi connectivity index (χ2n) is 6.58. The maximum atomic E-state index is 12.7. The second kappa shape index (κ2) is 10.5. The third-order valence-electron chi connectivity index (χ3n) is 4.36. The summed E-state index contributed by atoms with van der Waals surface area (Å²) in [5.74, 6) is 5.99. The number of carbonyl (C=O) groups is 2. The Hall–Kier alpha value is -3.98. The lowest BCUT2D eigenvalue weighted by molar-refractivity contribution is -0.118. The van der Waals surface area contributed by atoms with Crippen molar-refractivity contribution < 1.29 is 9.59 Å². The number of amides is 1. The maximum absolute atomic E-state index is 12.7. The van der Waals surface area contributed by atoms with Crippen molar-refractivity contribution in [1.29, 1.82) is 0 Å². The number of aldehydes is 1. The molecule has 1 amide bonds. The molecule has 2 aliphatic heterocycles. The minimum atomic E-state index is -0.519. The quantitative estimate of drug-likeness (QED) is 0.200. The highest BCUT2D eigenvalue weighted by molar-refractivity contribution is 5.93. The molecule has 6 heteroatoms. The number of nitrogens with one attached hydrogen (secondary N) is 4. The summed E-state index contributed by atoms with van der Waals surface area (Å²) in [7, 11) is 0. The van der Waals surface area contributed by atoms with Crippen LogP contribution in [0.3, 0.4) is 0 Å². The van der Waals surface area contributed by atoms with E-state index in [2.05, 4.69) is 33.1 Å². The summed E-state index contributed by atoms with van der Waals surface area (Å²) in [5.41, 5.74) is 2.47. The lowest BCUT2D eigenvalue weighted by Gasteiger charge is -2.18. The zero-order chi connectivity index (χ0) is 21.2. The van der Waals surface area contributed by atoms with E-state index in [1.807, 2.05) is 61.6 Å². The molecule has 0 saturated carbocycles. The van der Waals surface area contributed by atoms with Crippen molar-refractivity contribution in [2.24, 2.45) is 0 Å². The van der Waals surface area contributed by atoms with E-state index in [1.54, 1.807) is 18.4 Å². The van der Waals surface area contributed by atoms with Gasteiger partial charge < -0.3 is 21.3 Å². The Morgan fingerprint density at radius 1 is 1.20 bits per heavy atom. The molecule has 3 rings (SSSR count). The molecule has 0 radical (unpaired) electrons. The topological polar surface area (TPSA) is 82.3 Å². The summed E-state index contributed by atoms with van der Waals surface area (Å²) in [4.78, 5) is 24.0. The lowest BCUT2D eigenvalue weighted by Crippen LogP contribution is -2.50. The van der Waals surface area contributed by atoms with Crippen molar-refractivity contribution in [1.82, 2.24) is 21.3 Å². The number of benzene rings is 1. The normalized spacial score (nSPS) is 20.5. The van der Waals surface area contributed by atoms with Crippen LogP contribution in [0.25, 0.3) is 0 Å². The van der Waals surface area contributed by atoms with Crippen LogP contribution in [0.1, 0.15) is 18.9 Å². The first-order valence-electron chi connectivity index (χ1n) is 9.71. The first-order chi connectivity index (χ1) is 14.7. The van der Waals surface area contributed by atoms with Crippen LogP contribution < -0.4 is 21.3 Å². The molecule has 0 aliphatic carbocycles. The zero-order valence-corrected chi connectivity index (χ0v) is 16.7. The fourth-order valence-electron chi connectivity index (χ4n) is 2.85. The molecule has 4 N–H and O–H groups in total. The van der Waals surface area contributed by atoms with Gasteiger partial charge in [-0.25, -0.2) is 0 Å². The van der Waals surface area contributed by atoms with E-state index in [9.17, 15) is 9.59 Å². The summed E-state index contributed by atoms with van der Waals surface area (Å²) in [6.07, 6.45) is 13.6. The molecule has 0 bridgehead atoms. The average molecular weight is 400 g/mol. The minimum absolute atomic E-state index is 0.269. The predicted molar refractivity (Wildman–Crippen MR) is 117 cm³/mol. The van der Waals surface area contributed by atoms with Gasteiger partial charge in [0.2, 0.25) is 0 Å². The number of hydrogen-bond acceptors (Lipinski definition) is 5. The molecule has 0 fully saturated rings. The summed E-state index contributed by atoms with van der Waals surface area (Å²) < 4.78 is 0. The Balaban J connectivity index is 1.59. The average Bonchev–Trinajstić information content (AvgIpc) is 3.09. The molecule has 1 aromatic carbocycles. The number of rotatable bonds is 5. The minimum Gasteiger partial charge on any atom is -0.364 e. The molecule has 30 heavy (non-hydrogen) atoms. The van der Waals surface area contributed by atoms with E-state index in [0.717, 1.165) is 11.8 Å². The SMILES string of the molecule is C/C=C\C=C(\C=O)C1=CNC(NC(=O)C2=CCC=CC(C#Cc3ccccc3)N2)N1. The summed E-state index contributed by atoms with van der Waals surface area (Å²) in [6.45, 7) is 1.87. The number of hydrogen-bond donors (Lipinski definition) is 4. The van der Waals surface area contributed by atoms with E-state index in [0.29, 0.717) is 23.4 Å². The highest BCUT2D eigenvalue weighted by Crippen LogP contribution is 2.09. The molecule has 2 atom stereocenters. The smallest absolute Gasteiger partial charge is 0.270 e. The van der Waals surface area contributed by atoms with Gasteiger partial charge in [-0.1, -0.05) is 60.4 Å². The highest BCUT2D eigenvalue weighted by atomic mass is 16.2. The van der Waals surface area contributed by atoms with Gasteiger partial charge >= 0.3 is 0 Å². The fourth-order valence-corrected chi connectivity index (χ4v) is 2.85. The predicted octanol–water partition coefficient (Wildman–Crippen LogP) is 1.98. The van der Waals surface area contributed by atoms with Gasteiger partial charge in [0, 0.05) is 17.3 Å².